The lowest BCUT2D eigenvalue weighted by Gasteiger charge is -2.27. The van der Waals surface area contributed by atoms with Gasteiger partial charge in [0.25, 0.3) is 5.91 Å². The van der Waals surface area contributed by atoms with Crippen LogP contribution in [0.5, 0.6) is 5.75 Å². The van der Waals surface area contributed by atoms with Crippen LogP contribution in [0, 0.1) is 11.8 Å². The fraction of sp³-hybridized carbons (Fsp3) is 0.696. The molecule has 2 N–H and O–H groups in total. The first-order chi connectivity index (χ1) is 14.5. The Labute approximate surface area is 179 Å². The standard InChI is InChI=1S/C23H32N2O4S/c26-23(25-21(11-15-5-6-15)20-4-1-9-24-20)19-13-18(30(27,28)14-16-7-8-16)12-17-3-2-10-29-22(17)19/h12-13,15-16,20-21,24H,1-11,14H2,(H,25,26). The van der Waals surface area contributed by atoms with Gasteiger partial charge in [-0.2, -0.15) is 0 Å². The van der Waals surface area contributed by atoms with Crippen LogP contribution in [0.3, 0.4) is 0 Å². The molecule has 1 aromatic rings. The Morgan fingerprint density at radius 1 is 1.13 bits per heavy atom. The number of nitrogens with one attached hydrogen (secondary N) is 2. The van der Waals surface area contributed by atoms with Gasteiger partial charge in [0.05, 0.1) is 22.8 Å². The summed E-state index contributed by atoms with van der Waals surface area (Å²) in [5.74, 6) is 1.54. The highest BCUT2D eigenvalue weighted by Gasteiger charge is 2.35. The Bertz CT molecular complexity index is 915. The molecule has 5 rings (SSSR count). The molecule has 2 heterocycles. The summed E-state index contributed by atoms with van der Waals surface area (Å²) < 4.78 is 31.8. The molecule has 1 saturated heterocycles. The summed E-state index contributed by atoms with van der Waals surface area (Å²) in [6.45, 7) is 1.56. The van der Waals surface area contributed by atoms with Crippen molar-refractivity contribution in [3.63, 3.8) is 0 Å². The Morgan fingerprint density at radius 3 is 2.63 bits per heavy atom. The van der Waals surface area contributed by atoms with Crippen molar-refractivity contribution in [2.45, 2.75) is 74.8 Å². The lowest BCUT2D eigenvalue weighted by atomic mass is 9.98. The van der Waals surface area contributed by atoms with Crippen molar-refractivity contribution in [3.05, 3.63) is 23.3 Å². The number of fused-ring (bicyclic) bond motifs is 1. The Kier molecular flexibility index (Phi) is 5.52. The van der Waals surface area contributed by atoms with Gasteiger partial charge >= 0.3 is 0 Å². The second-order valence-electron chi connectivity index (χ2n) is 9.60. The molecule has 2 unspecified atom stereocenters. The number of rotatable bonds is 8. The van der Waals surface area contributed by atoms with E-state index >= 15 is 0 Å². The number of ether oxygens (including phenoxy) is 1. The number of sulfone groups is 1. The number of amides is 1. The third-order valence-electron chi connectivity index (χ3n) is 6.92. The summed E-state index contributed by atoms with van der Waals surface area (Å²) >= 11 is 0. The molecule has 4 aliphatic rings. The molecule has 2 atom stereocenters. The van der Waals surface area contributed by atoms with Crippen molar-refractivity contribution in [2.75, 3.05) is 18.9 Å². The number of hydrogen-bond donors (Lipinski definition) is 2. The number of benzene rings is 1. The molecule has 0 bridgehead atoms. The van der Waals surface area contributed by atoms with Crippen LogP contribution in [-0.4, -0.2) is 45.3 Å². The summed E-state index contributed by atoms with van der Waals surface area (Å²) in [6.07, 6.45) is 9.24. The Hall–Kier alpha value is -1.60. The van der Waals surface area contributed by atoms with E-state index in [0.717, 1.165) is 57.1 Å². The first-order valence-electron chi connectivity index (χ1n) is 11.6. The molecule has 0 spiro atoms. The van der Waals surface area contributed by atoms with Crippen molar-refractivity contribution in [2.24, 2.45) is 11.8 Å². The number of hydrogen-bond acceptors (Lipinski definition) is 5. The maximum atomic E-state index is 13.4. The molecule has 1 amide bonds. The predicted molar refractivity (Wildman–Crippen MR) is 115 cm³/mol. The van der Waals surface area contributed by atoms with E-state index in [9.17, 15) is 13.2 Å². The van der Waals surface area contributed by atoms with Crippen molar-refractivity contribution >= 4 is 15.7 Å². The first kappa shape index (κ1) is 20.3. The minimum Gasteiger partial charge on any atom is -0.492 e. The van der Waals surface area contributed by atoms with Crippen LogP contribution < -0.4 is 15.4 Å². The molecule has 2 aliphatic heterocycles. The zero-order chi connectivity index (χ0) is 20.7. The summed E-state index contributed by atoms with van der Waals surface area (Å²) in [5.41, 5.74) is 1.24. The van der Waals surface area contributed by atoms with E-state index in [1.807, 2.05) is 0 Å². The highest BCUT2D eigenvalue weighted by atomic mass is 32.2. The zero-order valence-electron chi connectivity index (χ0n) is 17.5. The fourth-order valence-corrected chi connectivity index (χ4v) is 6.60. The van der Waals surface area contributed by atoms with E-state index in [2.05, 4.69) is 10.6 Å². The van der Waals surface area contributed by atoms with E-state index in [1.165, 1.54) is 12.8 Å². The van der Waals surface area contributed by atoms with Crippen molar-refractivity contribution < 1.29 is 17.9 Å². The first-order valence-corrected chi connectivity index (χ1v) is 13.2. The van der Waals surface area contributed by atoms with Gasteiger partial charge in [-0.25, -0.2) is 8.42 Å². The van der Waals surface area contributed by atoms with Crippen LogP contribution in [0.4, 0.5) is 0 Å². The second-order valence-corrected chi connectivity index (χ2v) is 11.6. The van der Waals surface area contributed by atoms with Crippen molar-refractivity contribution in [1.29, 1.82) is 0 Å². The SMILES string of the molecule is O=C(NC(CC1CC1)C1CCCN1)c1cc(S(=O)(=O)CC2CC2)cc2c1OCCC2. The quantitative estimate of drug-likeness (QED) is 0.660. The molecule has 0 radical (unpaired) electrons. The zero-order valence-corrected chi connectivity index (χ0v) is 18.3. The summed E-state index contributed by atoms with van der Waals surface area (Å²) in [7, 11) is -3.39. The van der Waals surface area contributed by atoms with Crippen LogP contribution >= 0.6 is 0 Å². The smallest absolute Gasteiger partial charge is 0.255 e. The average molecular weight is 433 g/mol. The molecule has 30 heavy (non-hydrogen) atoms. The molecule has 7 heteroatoms. The van der Waals surface area contributed by atoms with Crippen molar-refractivity contribution in [1.82, 2.24) is 10.6 Å². The van der Waals surface area contributed by atoms with Crippen LogP contribution in [0.15, 0.2) is 17.0 Å². The number of carbonyl (C=O) groups excluding carboxylic acids is 1. The second kappa shape index (κ2) is 8.15. The van der Waals surface area contributed by atoms with Crippen LogP contribution in [-0.2, 0) is 16.3 Å². The number of aryl methyl sites for hydroxylation is 1. The maximum Gasteiger partial charge on any atom is 0.255 e. The van der Waals surface area contributed by atoms with Gasteiger partial charge in [-0.3, -0.25) is 4.79 Å². The van der Waals surface area contributed by atoms with E-state index in [-0.39, 0.29) is 28.5 Å². The summed E-state index contributed by atoms with van der Waals surface area (Å²) in [4.78, 5) is 13.7. The molecule has 1 aromatic carbocycles. The van der Waals surface area contributed by atoms with Crippen LogP contribution in [0.1, 0.15) is 67.3 Å². The minimum atomic E-state index is -3.39. The van der Waals surface area contributed by atoms with Gasteiger partial charge in [0.1, 0.15) is 5.75 Å². The van der Waals surface area contributed by atoms with Gasteiger partial charge in [-0.15, -0.1) is 0 Å². The lowest BCUT2D eigenvalue weighted by molar-refractivity contribution is 0.0919. The predicted octanol–water partition coefficient (Wildman–Crippen LogP) is 2.85. The van der Waals surface area contributed by atoms with Gasteiger partial charge in [0.15, 0.2) is 9.84 Å². The van der Waals surface area contributed by atoms with Crippen molar-refractivity contribution in [3.8, 4) is 5.75 Å². The molecule has 3 fully saturated rings. The molecule has 164 valence electrons. The monoisotopic (exact) mass is 432 g/mol. The molecule has 0 aromatic heterocycles. The number of carbonyl (C=O) groups is 1. The van der Waals surface area contributed by atoms with Crippen LogP contribution in [0.2, 0.25) is 0 Å². The Morgan fingerprint density at radius 2 is 1.93 bits per heavy atom. The highest BCUT2D eigenvalue weighted by molar-refractivity contribution is 7.91. The summed E-state index contributed by atoms with van der Waals surface area (Å²) in [6, 6.07) is 3.68. The molecular formula is C23H32N2O4S. The topological polar surface area (TPSA) is 84.5 Å². The third-order valence-corrected chi connectivity index (χ3v) is 8.78. The maximum absolute atomic E-state index is 13.4. The highest BCUT2D eigenvalue weighted by Crippen LogP contribution is 2.37. The van der Waals surface area contributed by atoms with E-state index < -0.39 is 9.84 Å². The van der Waals surface area contributed by atoms with E-state index in [1.54, 1.807) is 12.1 Å². The lowest BCUT2D eigenvalue weighted by Crippen LogP contribution is -2.47. The average Bonchev–Trinajstić information content (AvgIpc) is 3.66. The third kappa shape index (κ3) is 4.52. The summed E-state index contributed by atoms with van der Waals surface area (Å²) in [5, 5.41) is 6.78. The Balaban J connectivity index is 1.43. The van der Waals surface area contributed by atoms with Gasteiger partial charge in [-0.05, 0) is 81.0 Å². The fourth-order valence-electron chi connectivity index (χ4n) is 4.83. The van der Waals surface area contributed by atoms with Gasteiger partial charge in [0, 0.05) is 12.1 Å². The molecule has 2 aliphatic carbocycles. The normalized spacial score (nSPS) is 24.7. The van der Waals surface area contributed by atoms with Crippen LogP contribution in [0.25, 0.3) is 0 Å². The van der Waals surface area contributed by atoms with Gasteiger partial charge in [0.2, 0.25) is 0 Å². The van der Waals surface area contributed by atoms with Gasteiger partial charge in [-0.1, -0.05) is 12.8 Å². The molecule has 6 nitrogen and oxygen atoms in total. The van der Waals surface area contributed by atoms with Gasteiger partial charge < -0.3 is 15.4 Å². The van der Waals surface area contributed by atoms with E-state index in [0.29, 0.717) is 29.9 Å². The minimum absolute atomic E-state index is 0.0819. The molecular weight excluding hydrogens is 400 g/mol. The largest absolute Gasteiger partial charge is 0.492 e. The van der Waals surface area contributed by atoms with E-state index in [4.69, 9.17) is 4.74 Å². The molecule has 2 saturated carbocycles.